The van der Waals surface area contributed by atoms with Crippen molar-refractivity contribution in [2.45, 2.75) is 18.6 Å². The summed E-state index contributed by atoms with van der Waals surface area (Å²) in [5, 5.41) is 9.25. The van der Waals surface area contributed by atoms with Gasteiger partial charge in [0.15, 0.2) is 6.17 Å². The molecule has 9 rings (SSSR count). The second-order valence-corrected chi connectivity index (χ2v) is 10.6. The third-order valence-electron chi connectivity index (χ3n) is 8.34. The van der Waals surface area contributed by atoms with E-state index in [4.69, 9.17) is 15.0 Å². The Hall–Kier alpha value is -5.23. The second kappa shape index (κ2) is 8.13. The molecule has 0 spiro atoms. The van der Waals surface area contributed by atoms with Gasteiger partial charge in [-0.15, -0.1) is 0 Å². The quantitative estimate of drug-likeness (QED) is 0.244. The summed E-state index contributed by atoms with van der Waals surface area (Å²) >= 11 is 0. The smallest absolute Gasteiger partial charge is 0.168 e. The SMILES string of the molecule is C1=c2\[nH]/c(c3ccccc23)=N\c2[nH]c(c3ccccc23)CC2N/C(=N\C3N=C/1c1ccccc13)c1ccccc12. The molecule has 6 nitrogen and oxygen atoms in total. The number of benzene rings is 4. The van der Waals surface area contributed by atoms with E-state index in [1.165, 1.54) is 10.9 Å². The van der Waals surface area contributed by atoms with Gasteiger partial charge in [0.2, 0.25) is 0 Å². The zero-order chi connectivity index (χ0) is 26.2. The molecule has 2 aromatic heterocycles. The van der Waals surface area contributed by atoms with Crippen molar-refractivity contribution in [3.63, 3.8) is 0 Å². The highest BCUT2D eigenvalue weighted by Gasteiger charge is 2.31. The molecular weight excluding hydrogens is 492 g/mol. The molecule has 190 valence electrons. The number of fused-ring (bicyclic) bond motifs is 19. The minimum atomic E-state index is -0.312. The molecule has 2 unspecified atom stereocenters. The summed E-state index contributed by atoms with van der Waals surface area (Å²) in [6.45, 7) is 0. The maximum Gasteiger partial charge on any atom is 0.168 e. The van der Waals surface area contributed by atoms with Crippen molar-refractivity contribution in [1.82, 2.24) is 15.3 Å². The summed E-state index contributed by atoms with van der Waals surface area (Å²) < 4.78 is 0. The molecule has 0 fully saturated rings. The molecule has 3 N–H and O–H groups in total. The Morgan fingerprint density at radius 3 is 2.20 bits per heavy atom. The molecule has 0 radical (unpaired) electrons. The topological polar surface area (TPSA) is 80.7 Å². The number of aliphatic imine (C=N–C) groups is 2. The van der Waals surface area contributed by atoms with E-state index in [0.717, 1.165) is 73.2 Å². The van der Waals surface area contributed by atoms with Gasteiger partial charge in [0, 0.05) is 55.7 Å². The van der Waals surface area contributed by atoms with Crippen molar-refractivity contribution in [3.8, 4) is 0 Å². The third-order valence-corrected chi connectivity index (χ3v) is 8.34. The Balaban J connectivity index is 1.38. The average molecular weight is 517 g/mol. The number of amidine groups is 1. The molecule has 6 heteroatoms. The zero-order valence-electron chi connectivity index (χ0n) is 21.5. The van der Waals surface area contributed by atoms with Crippen molar-refractivity contribution in [2.24, 2.45) is 15.0 Å². The van der Waals surface area contributed by atoms with Crippen LogP contribution >= 0.6 is 0 Å². The zero-order valence-corrected chi connectivity index (χ0v) is 21.5. The van der Waals surface area contributed by atoms with Crippen LogP contribution in [0.4, 0.5) is 5.82 Å². The van der Waals surface area contributed by atoms with Crippen LogP contribution in [0.5, 0.6) is 0 Å². The van der Waals surface area contributed by atoms with Gasteiger partial charge in [-0.3, -0.25) is 4.99 Å². The minimum absolute atomic E-state index is 0.0855. The maximum atomic E-state index is 5.23. The van der Waals surface area contributed by atoms with Gasteiger partial charge >= 0.3 is 0 Å². The first-order chi connectivity index (χ1) is 19.8. The predicted octanol–water partition coefficient (Wildman–Crippen LogP) is 5.53. The molecule has 3 aliphatic rings. The molecule has 0 aliphatic carbocycles. The monoisotopic (exact) mass is 516 g/mol. The lowest BCUT2D eigenvalue weighted by Crippen LogP contribution is -2.22. The van der Waals surface area contributed by atoms with E-state index in [1.54, 1.807) is 0 Å². The molecule has 4 aromatic carbocycles. The van der Waals surface area contributed by atoms with Crippen molar-refractivity contribution in [3.05, 3.63) is 136 Å². The van der Waals surface area contributed by atoms with Crippen LogP contribution in [-0.2, 0) is 6.42 Å². The number of nitrogens with zero attached hydrogens (tertiary/aromatic N) is 3. The van der Waals surface area contributed by atoms with Gasteiger partial charge in [-0.2, -0.15) is 0 Å². The van der Waals surface area contributed by atoms with Crippen LogP contribution in [0.2, 0.25) is 0 Å². The molecule has 2 atom stereocenters. The Bertz CT molecular complexity index is 2200. The van der Waals surface area contributed by atoms with Gasteiger partial charge in [0.1, 0.15) is 17.1 Å². The van der Waals surface area contributed by atoms with Gasteiger partial charge in [-0.25, -0.2) is 9.98 Å². The molecule has 8 bridgehead atoms. The lowest BCUT2D eigenvalue weighted by Gasteiger charge is -2.12. The standard InChI is InChI=1S/C34H24N6/c1-5-13-23-19(9-1)27-17-28-20-10-2-6-14-24(20)33(36-28)40-34-26-16-8-4-12-22(26)30(38-34)18-29-21-11-3-7-15-25(21)32(37-29)39-31(23)35-27/h1-17,29,31,38H,18H2,(H,37,39)(H,36,40)/b28-17-. The number of H-pyrrole nitrogens is 2. The van der Waals surface area contributed by atoms with E-state index >= 15 is 0 Å². The number of aromatic nitrogens is 2. The highest BCUT2D eigenvalue weighted by molar-refractivity contribution is 6.23. The predicted molar refractivity (Wildman–Crippen MR) is 160 cm³/mol. The lowest BCUT2D eigenvalue weighted by atomic mass is 10.00. The molecule has 40 heavy (non-hydrogen) atoms. The van der Waals surface area contributed by atoms with Gasteiger partial charge in [0.25, 0.3) is 0 Å². The maximum absolute atomic E-state index is 5.23. The Kier molecular flexibility index (Phi) is 4.41. The van der Waals surface area contributed by atoms with Crippen molar-refractivity contribution < 1.29 is 0 Å². The molecule has 0 saturated carbocycles. The summed E-state index contributed by atoms with van der Waals surface area (Å²) in [5.74, 6) is 1.76. The first kappa shape index (κ1) is 21.7. The summed E-state index contributed by atoms with van der Waals surface area (Å²) in [6, 6.07) is 34.0. The van der Waals surface area contributed by atoms with E-state index in [1.807, 2.05) is 0 Å². The second-order valence-electron chi connectivity index (χ2n) is 10.6. The molecule has 6 aromatic rings. The molecule has 5 heterocycles. The summed E-state index contributed by atoms with van der Waals surface area (Å²) in [5.41, 5.74) is 7.54. The van der Waals surface area contributed by atoms with Gasteiger partial charge in [0.05, 0.1) is 11.8 Å². The number of hydrogen-bond acceptors (Lipinski definition) is 4. The Labute approximate surface area is 229 Å². The molecular formula is C34H24N6. The van der Waals surface area contributed by atoms with E-state index < -0.39 is 0 Å². The lowest BCUT2D eigenvalue weighted by molar-refractivity contribution is 0.655. The van der Waals surface area contributed by atoms with Crippen molar-refractivity contribution in [1.29, 1.82) is 0 Å². The fraction of sp³-hybridized carbons (Fsp3) is 0.0882. The van der Waals surface area contributed by atoms with Crippen LogP contribution in [0.15, 0.2) is 112 Å². The first-order valence-electron chi connectivity index (χ1n) is 13.7. The summed E-state index contributed by atoms with van der Waals surface area (Å²) in [6.07, 6.45) is 2.61. The number of aromatic amines is 2. The highest BCUT2D eigenvalue weighted by Crippen LogP contribution is 2.36. The Morgan fingerprint density at radius 1 is 0.625 bits per heavy atom. The average Bonchev–Trinajstić information content (AvgIpc) is 3.73. The largest absolute Gasteiger partial charge is 0.363 e. The Morgan fingerprint density at radius 2 is 1.32 bits per heavy atom. The summed E-state index contributed by atoms with van der Waals surface area (Å²) in [7, 11) is 0. The fourth-order valence-corrected chi connectivity index (χ4v) is 6.49. The molecule has 0 saturated heterocycles. The first-order valence-corrected chi connectivity index (χ1v) is 13.7. The van der Waals surface area contributed by atoms with Crippen molar-refractivity contribution in [2.75, 3.05) is 0 Å². The van der Waals surface area contributed by atoms with Gasteiger partial charge in [-0.05, 0) is 11.6 Å². The van der Waals surface area contributed by atoms with Crippen LogP contribution in [0.3, 0.4) is 0 Å². The third kappa shape index (κ3) is 3.13. The fourth-order valence-electron chi connectivity index (χ4n) is 6.49. The van der Waals surface area contributed by atoms with Crippen LogP contribution in [-0.4, -0.2) is 21.5 Å². The van der Waals surface area contributed by atoms with Crippen LogP contribution < -0.4 is 16.2 Å². The van der Waals surface area contributed by atoms with Crippen molar-refractivity contribution >= 4 is 45.0 Å². The number of rotatable bonds is 0. The molecule has 3 aliphatic heterocycles. The normalized spacial score (nSPS) is 21.8. The van der Waals surface area contributed by atoms with E-state index in [0.29, 0.717) is 0 Å². The minimum Gasteiger partial charge on any atom is -0.363 e. The number of hydrogen-bond donors (Lipinski definition) is 3. The van der Waals surface area contributed by atoms with Crippen LogP contribution in [0.1, 0.15) is 40.2 Å². The molecule has 0 amide bonds. The van der Waals surface area contributed by atoms with E-state index in [2.05, 4.69) is 118 Å². The van der Waals surface area contributed by atoms with Crippen LogP contribution in [0.25, 0.3) is 27.6 Å². The summed E-state index contributed by atoms with van der Waals surface area (Å²) in [4.78, 5) is 22.9. The highest BCUT2D eigenvalue weighted by atomic mass is 15.1. The van der Waals surface area contributed by atoms with E-state index in [-0.39, 0.29) is 12.2 Å². The van der Waals surface area contributed by atoms with E-state index in [9.17, 15) is 0 Å². The van der Waals surface area contributed by atoms with Gasteiger partial charge in [-0.1, -0.05) is 97.1 Å². The number of nitrogens with one attached hydrogen (secondary N) is 3. The van der Waals surface area contributed by atoms with Gasteiger partial charge < -0.3 is 15.3 Å². The van der Waals surface area contributed by atoms with Crippen LogP contribution in [0, 0.1) is 0 Å².